The molecule has 1 atom stereocenters. The van der Waals surface area contributed by atoms with E-state index < -0.39 is 0 Å². The van der Waals surface area contributed by atoms with Crippen molar-refractivity contribution in [2.24, 2.45) is 0 Å². The molecule has 0 saturated carbocycles. The standard InChI is InChI=1S/C15H26N2/c1-4-6-7-8-14(16-5-2)11-15-10-9-13(3)12-17-15/h9-10,12,14,16H,4-8,11H2,1-3H3. The number of unbranched alkanes of at least 4 members (excludes halogenated alkanes) is 2. The lowest BCUT2D eigenvalue weighted by atomic mass is 10.0. The van der Waals surface area contributed by atoms with Crippen LogP contribution >= 0.6 is 0 Å². The topological polar surface area (TPSA) is 24.9 Å². The van der Waals surface area contributed by atoms with E-state index in [4.69, 9.17) is 0 Å². The van der Waals surface area contributed by atoms with Crippen LogP contribution in [0.2, 0.25) is 0 Å². The normalized spacial score (nSPS) is 12.6. The number of nitrogens with zero attached hydrogens (tertiary/aromatic N) is 1. The van der Waals surface area contributed by atoms with Crippen LogP contribution in [0.5, 0.6) is 0 Å². The fraction of sp³-hybridized carbons (Fsp3) is 0.667. The van der Waals surface area contributed by atoms with Gasteiger partial charge in [-0.15, -0.1) is 0 Å². The number of aromatic nitrogens is 1. The van der Waals surface area contributed by atoms with E-state index in [0.29, 0.717) is 6.04 Å². The Morgan fingerprint density at radius 2 is 2.06 bits per heavy atom. The summed E-state index contributed by atoms with van der Waals surface area (Å²) < 4.78 is 0. The Hall–Kier alpha value is -0.890. The highest BCUT2D eigenvalue weighted by Crippen LogP contribution is 2.09. The molecule has 0 spiro atoms. The molecule has 0 bridgehead atoms. The Morgan fingerprint density at radius 3 is 2.65 bits per heavy atom. The molecule has 1 aromatic heterocycles. The first-order chi connectivity index (χ1) is 8.26. The van der Waals surface area contributed by atoms with E-state index in [1.165, 1.54) is 36.9 Å². The van der Waals surface area contributed by atoms with Gasteiger partial charge in [-0.1, -0.05) is 39.2 Å². The van der Waals surface area contributed by atoms with Gasteiger partial charge in [0.1, 0.15) is 0 Å². The molecule has 0 fully saturated rings. The quantitative estimate of drug-likeness (QED) is 0.696. The molecule has 1 N–H and O–H groups in total. The minimum atomic E-state index is 0.585. The van der Waals surface area contributed by atoms with Gasteiger partial charge in [-0.2, -0.15) is 0 Å². The summed E-state index contributed by atoms with van der Waals surface area (Å²) in [5.41, 5.74) is 2.44. The highest BCUT2D eigenvalue weighted by molar-refractivity contribution is 5.13. The van der Waals surface area contributed by atoms with Crippen molar-refractivity contribution >= 4 is 0 Å². The number of nitrogens with one attached hydrogen (secondary N) is 1. The van der Waals surface area contributed by atoms with Gasteiger partial charge < -0.3 is 5.32 Å². The van der Waals surface area contributed by atoms with Crippen molar-refractivity contribution in [3.63, 3.8) is 0 Å². The van der Waals surface area contributed by atoms with Crippen molar-refractivity contribution < 1.29 is 0 Å². The number of pyridine rings is 1. The lowest BCUT2D eigenvalue weighted by molar-refractivity contribution is 0.463. The first kappa shape index (κ1) is 14.2. The second-order valence-electron chi connectivity index (χ2n) is 4.78. The van der Waals surface area contributed by atoms with Gasteiger partial charge >= 0.3 is 0 Å². The van der Waals surface area contributed by atoms with Crippen molar-refractivity contribution in [1.29, 1.82) is 0 Å². The highest BCUT2D eigenvalue weighted by atomic mass is 14.9. The van der Waals surface area contributed by atoms with Gasteiger partial charge in [-0.3, -0.25) is 4.98 Å². The van der Waals surface area contributed by atoms with E-state index in [0.717, 1.165) is 13.0 Å². The average Bonchev–Trinajstić information content (AvgIpc) is 2.32. The molecule has 96 valence electrons. The zero-order valence-electron chi connectivity index (χ0n) is 11.5. The third-order valence-corrected chi connectivity index (χ3v) is 3.08. The van der Waals surface area contributed by atoms with Crippen LogP contribution in [0.4, 0.5) is 0 Å². The number of aryl methyl sites for hydroxylation is 1. The lowest BCUT2D eigenvalue weighted by Crippen LogP contribution is -2.31. The highest BCUT2D eigenvalue weighted by Gasteiger charge is 2.08. The van der Waals surface area contributed by atoms with E-state index in [-0.39, 0.29) is 0 Å². The molecule has 17 heavy (non-hydrogen) atoms. The SMILES string of the molecule is CCCCCC(Cc1ccc(C)cn1)NCC. The van der Waals surface area contributed by atoms with Crippen LogP contribution in [-0.2, 0) is 6.42 Å². The van der Waals surface area contributed by atoms with Gasteiger partial charge in [0.2, 0.25) is 0 Å². The molecule has 1 heterocycles. The minimum Gasteiger partial charge on any atom is -0.314 e. The Bertz CT molecular complexity index is 292. The van der Waals surface area contributed by atoms with Crippen molar-refractivity contribution in [2.75, 3.05) is 6.54 Å². The molecule has 0 saturated heterocycles. The van der Waals surface area contributed by atoms with Crippen molar-refractivity contribution in [3.8, 4) is 0 Å². The van der Waals surface area contributed by atoms with E-state index in [9.17, 15) is 0 Å². The third-order valence-electron chi connectivity index (χ3n) is 3.08. The Kier molecular flexibility index (Phi) is 6.87. The fourth-order valence-corrected chi connectivity index (χ4v) is 2.08. The maximum atomic E-state index is 4.49. The molecule has 0 aliphatic heterocycles. The molecule has 1 rings (SSSR count). The van der Waals surface area contributed by atoms with Crippen LogP contribution in [0.25, 0.3) is 0 Å². The number of rotatable bonds is 8. The molecular formula is C15H26N2. The second kappa shape index (κ2) is 8.24. The number of likely N-dealkylation sites (N-methyl/N-ethyl adjacent to an activating group) is 1. The molecule has 2 nitrogen and oxygen atoms in total. The average molecular weight is 234 g/mol. The Labute approximate surface area is 106 Å². The molecule has 0 radical (unpaired) electrons. The van der Waals surface area contributed by atoms with Crippen LogP contribution in [0.3, 0.4) is 0 Å². The molecule has 0 aromatic carbocycles. The maximum absolute atomic E-state index is 4.49. The summed E-state index contributed by atoms with van der Waals surface area (Å²) in [6.45, 7) is 7.56. The summed E-state index contributed by atoms with van der Waals surface area (Å²) in [4.78, 5) is 4.49. The molecule has 2 heteroatoms. The lowest BCUT2D eigenvalue weighted by Gasteiger charge is -2.17. The van der Waals surface area contributed by atoms with Gasteiger partial charge in [0.05, 0.1) is 0 Å². The number of hydrogen-bond acceptors (Lipinski definition) is 2. The summed E-state index contributed by atoms with van der Waals surface area (Å²) in [5.74, 6) is 0. The first-order valence-electron chi connectivity index (χ1n) is 6.91. The Balaban J connectivity index is 2.44. The summed E-state index contributed by atoms with van der Waals surface area (Å²) in [6.07, 6.45) is 8.23. The van der Waals surface area contributed by atoms with Crippen molar-refractivity contribution in [1.82, 2.24) is 10.3 Å². The summed E-state index contributed by atoms with van der Waals surface area (Å²) in [6, 6.07) is 4.89. The zero-order chi connectivity index (χ0) is 12.5. The minimum absolute atomic E-state index is 0.585. The van der Waals surface area contributed by atoms with Gasteiger partial charge in [0.15, 0.2) is 0 Å². The van der Waals surface area contributed by atoms with Crippen LogP contribution in [0.1, 0.15) is 50.8 Å². The second-order valence-corrected chi connectivity index (χ2v) is 4.78. The summed E-state index contributed by atoms with van der Waals surface area (Å²) in [7, 11) is 0. The zero-order valence-corrected chi connectivity index (χ0v) is 11.5. The van der Waals surface area contributed by atoms with E-state index >= 15 is 0 Å². The van der Waals surface area contributed by atoms with Crippen LogP contribution < -0.4 is 5.32 Å². The molecule has 1 aromatic rings. The van der Waals surface area contributed by atoms with Gasteiger partial charge in [0, 0.05) is 24.4 Å². The van der Waals surface area contributed by atoms with Gasteiger partial charge in [0.25, 0.3) is 0 Å². The van der Waals surface area contributed by atoms with Gasteiger partial charge in [-0.05, 0) is 31.5 Å². The third kappa shape index (κ3) is 5.83. The molecule has 0 amide bonds. The van der Waals surface area contributed by atoms with Crippen LogP contribution in [0.15, 0.2) is 18.3 Å². The predicted molar refractivity (Wildman–Crippen MR) is 74.3 cm³/mol. The molecule has 1 unspecified atom stereocenters. The predicted octanol–water partition coefficient (Wildman–Crippen LogP) is 3.49. The summed E-state index contributed by atoms with van der Waals surface area (Å²) in [5, 5.41) is 3.56. The van der Waals surface area contributed by atoms with Crippen LogP contribution in [0, 0.1) is 6.92 Å². The molecule has 0 aliphatic carbocycles. The largest absolute Gasteiger partial charge is 0.314 e. The molecular weight excluding hydrogens is 208 g/mol. The van der Waals surface area contributed by atoms with E-state index in [1.54, 1.807) is 0 Å². The van der Waals surface area contributed by atoms with Crippen molar-refractivity contribution in [2.45, 2.75) is 58.9 Å². The fourth-order valence-electron chi connectivity index (χ4n) is 2.08. The number of hydrogen-bond donors (Lipinski definition) is 1. The smallest absolute Gasteiger partial charge is 0.0419 e. The van der Waals surface area contributed by atoms with Gasteiger partial charge in [-0.25, -0.2) is 0 Å². The van der Waals surface area contributed by atoms with Crippen molar-refractivity contribution in [3.05, 3.63) is 29.6 Å². The van der Waals surface area contributed by atoms with Crippen LogP contribution in [-0.4, -0.2) is 17.6 Å². The Morgan fingerprint density at radius 1 is 1.24 bits per heavy atom. The molecule has 0 aliphatic rings. The maximum Gasteiger partial charge on any atom is 0.0419 e. The van der Waals surface area contributed by atoms with E-state index in [2.05, 4.69) is 43.2 Å². The monoisotopic (exact) mass is 234 g/mol. The first-order valence-corrected chi connectivity index (χ1v) is 6.91. The summed E-state index contributed by atoms with van der Waals surface area (Å²) >= 11 is 0. The van der Waals surface area contributed by atoms with E-state index in [1.807, 2.05) is 6.20 Å².